The van der Waals surface area contributed by atoms with Gasteiger partial charge in [0.05, 0.1) is 19.2 Å². The van der Waals surface area contributed by atoms with E-state index in [1.54, 1.807) is 7.11 Å². The van der Waals surface area contributed by atoms with Crippen molar-refractivity contribution in [2.24, 2.45) is 0 Å². The molecule has 5 nitrogen and oxygen atoms in total. The Hall–Kier alpha value is -3.08. The molecule has 134 valence electrons. The molecule has 0 unspecified atom stereocenters. The lowest BCUT2D eigenvalue weighted by Crippen LogP contribution is -2.27. The number of carbonyl (C=O) groups is 1. The quantitative estimate of drug-likeness (QED) is 0.708. The molecule has 0 bridgehead atoms. The van der Waals surface area contributed by atoms with Gasteiger partial charge in [-0.15, -0.1) is 0 Å². The van der Waals surface area contributed by atoms with Crippen molar-refractivity contribution < 1.29 is 13.9 Å². The number of aryl methyl sites for hydroxylation is 1. The second-order valence-corrected chi connectivity index (χ2v) is 6.01. The summed E-state index contributed by atoms with van der Waals surface area (Å²) >= 11 is 0. The Balaban J connectivity index is 1.51. The number of hydrogen-bond acceptors (Lipinski definition) is 4. The predicted molar refractivity (Wildman–Crippen MR) is 100 cm³/mol. The number of oxazole rings is 1. The summed E-state index contributed by atoms with van der Waals surface area (Å²) in [4.78, 5) is 16.6. The van der Waals surface area contributed by atoms with E-state index in [9.17, 15) is 4.79 Å². The Bertz CT molecular complexity index is 855. The van der Waals surface area contributed by atoms with Gasteiger partial charge in [-0.3, -0.25) is 4.79 Å². The standard InChI is InChI=1S/C21H22N2O3/c1-15-19(23-21(26-15)17-6-4-3-5-7-17)12-13-22-20(24)14-16-8-10-18(25-2)11-9-16/h3-11H,12-14H2,1-2H3,(H,22,24). The first-order chi connectivity index (χ1) is 12.7. The van der Waals surface area contributed by atoms with Gasteiger partial charge < -0.3 is 14.5 Å². The van der Waals surface area contributed by atoms with Gasteiger partial charge in [0, 0.05) is 18.5 Å². The fourth-order valence-corrected chi connectivity index (χ4v) is 2.68. The van der Waals surface area contributed by atoms with Crippen LogP contribution in [0.4, 0.5) is 0 Å². The average Bonchev–Trinajstić information content (AvgIpc) is 3.04. The summed E-state index contributed by atoms with van der Waals surface area (Å²) < 4.78 is 10.9. The molecule has 2 aromatic carbocycles. The van der Waals surface area contributed by atoms with Crippen LogP contribution in [0.25, 0.3) is 11.5 Å². The smallest absolute Gasteiger partial charge is 0.226 e. The van der Waals surface area contributed by atoms with Crippen LogP contribution in [-0.2, 0) is 17.6 Å². The van der Waals surface area contributed by atoms with E-state index in [0.29, 0.717) is 25.3 Å². The number of methoxy groups -OCH3 is 1. The fraction of sp³-hybridized carbons (Fsp3) is 0.238. The fourth-order valence-electron chi connectivity index (χ4n) is 2.68. The molecular formula is C21H22N2O3. The van der Waals surface area contributed by atoms with Crippen molar-refractivity contribution in [1.82, 2.24) is 10.3 Å². The van der Waals surface area contributed by atoms with Crippen molar-refractivity contribution >= 4 is 5.91 Å². The van der Waals surface area contributed by atoms with Crippen LogP contribution in [0, 0.1) is 6.92 Å². The Kier molecular flexibility index (Phi) is 5.69. The van der Waals surface area contributed by atoms with Crippen molar-refractivity contribution in [3.8, 4) is 17.2 Å². The summed E-state index contributed by atoms with van der Waals surface area (Å²) in [6.07, 6.45) is 0.980. The minimum atomic E-state index is -0.0143. The van der Waals surface area contributed by atoms with Crippen molar-refractivity contribution in [3.05, 3.63) is 71.6 Å². The molecule has 0 radical (unpaired) electrons. The summed E-state index contributed by atoms with van der Waals surface area (Å²) in [7, 11) is 1.62. The van der Waals surface area contributed by atoms with Crippen molar-refractivity contribution in [1.29, 1.82) is 0 Å². The summed E-state index contributed by atoms with van der Waals surface area (Å²) in [6, 6.07) is 17.3. The lowest BCUT2D eigenvalue weighted by atomic mass is 10.1. The molecule has 26 heavy (non-hydrogen) atoms. The van der Waals surface area contributed by atoms with Gasteiger partial charge in [0.15, 0.2) is 0 Å². The number of rotatable bonds is 7. The van der Waals surface area contributed by atoms with Gasteiger partial charge in [0.2, 0.25) is 11.8 Å². The average molecular weight is 350 g/mol. The van der Waals surface area contributed by atoms with Crippen LogP contribution in [0.1, 0.15) is 17.0 Å². The van der Waals surface area contributed by atoms with Crippen molar-refractivity contribution in [3.63, 3.8) is 0 Å². The number of ether oxygens (including phenoxy) is 1. The SMILES string of the molecule is COc1ccc(CC(=O)NCCc2nc(-c3ccccc3)oc2C)cc1. The van der Waals surface area contributed by atoms with E-state index in [2.05, 4.69) is 10.3 Å². The summed E-state index contributed by atoms with van der Waals surface area (Å²) in [5.41, 5.74) is 2.77. The highest BCUT2D eigenvalue weighted by atomic mass is 16.5. The molecule has 1 N–H and O–H groups in total. The molecule has 3 aromatic rings. The van der Waals surface area contributed by atoms with Crippen LogP contribution in [0.15, 0.2) is 59.0 Å². The van der Waals surface area contributed by atoms with Gasteiger partial charge in [0.1, 0.15) is 11.5 Å². The zero-order valence-electron chi connectivity index (χ0n) is 15.0. The number of carbonyl (C=O) groups excluding carboxylic acids is 1. The molecule has 0 saturated heterocycles. The Morgan fingerprint density at radius 1 is 1.12 bits per heavy atom. The van der Waals surface area contributed by atoms with E-state index in [1.165, 1.54) is 0 Å². The number of nitrogens with one attached hydrogen (secondary N) is 1. The summed E-state index contributed by atoms with van der Waals surface area (Å²) in [5.74, 6) is 2.17. The van der Waals surface area contributed by atoms with E-state index in [1.807, 2.05) is 61.5 Å². The van der Waals surface area contributed by atoms with E-state index in [0.717, 1.165) is 28.3 Å². The Morgan fingerprint density at radius 3 is 2.54 bits per heavy atom. The third-order valence-electron chi connectivity index (χ3n) is 4.12. The number of aromatic nitrogens is 1. The van der Waals surface area contributed by atoms with Gasteiger partial charge in [-0.2, -0.15) is 0 Å². The maximum atomic E-state index is 12.1. The number of benzene rings is 2. The highest BCUT2D eigenvalue weighted by Crippen LogP contribution is 2.21. The zero-order chi connectivity index (χ0) is 18.4. The minimum Gasteiger partial charge on any atom is -0.497 e. The summed E-state index contributed by atoms with van der Waals surface area (Å²) in [6.45, 7) is 2.42. The largest absolute Gasteiger partial charge is 0.497 e. The maximum Gasteiger partial charge on any atom is 0.226 e. The molecule has 1 heterocycles. The van der Waals surface area contributed by atoms with Crippen LogP contribution >= 0.6 is 0 Å². The zero-order valence-corrected chi connectivity index (χ0v) is 15.0. The maximum absolute atomic E-state index is 12.1. The predicted octanol–water partition coefficient (Wildman–Crippen LogP) is 3.56. The lowest BCUT2D eigenvalue weighted by Gasteiger charge is -2.05. The number of amides is 1. The molecule has 3 rings (SSSR count). The summed E-state index contributed by atoms with van der Waals surface area (Å²) in [5, 5.41) is 2.93. The second kappa shape index (κ2) is 8.34. The molecule has 0 spiro atoms. The molecule has 0 aliphatic carbocycles. The number of hydrogen-bond donors (Lipinski definition) is 1. The topological polar surface area (TPSA) is 64.4 Å². The third kappa shape index (κ3) is 4.51. The Labute approximate surface area is 153 Å². The second-order valence-electron chi connectivity index (χ2n) is 6.01. The van der Waals surface area contributed by atoms with Crippen LogP contribution < -0.4 is 10.1 Å². The molecule has 0 aliphatic rings. The third-order valence-corrected chi connectivity index (χ3v) is 4.12. The first kappa shape index (κ1) is 17.7. The number of nitrogens with zero attached hydrogens (tertiary/aromatic N) is 1. The highest BCUT2D eigenvalue weighted by Gasteiger charge is 2.11. The van der Waals surface area contributed by atoms with Gasteiger partial charge in [0.25, 0.3) is 0 Å². The normalized spacial score (nSPS) is 10.5. The van der Waals surface area contributed by atoms with E-state index in [4.69, 9.17) is 9.15 Å². The van der Waals surface area contributed by atoms with Crippen molar-refractivity contribution in [2.45, 2.75) is 19.8 Å². The van der Waals surface area contributed by atoms with Gasteiger partial charge in [-0.05, 0) is 36.8 Å². The first-order valence-corrected chi connectivity index (χ1v) is 8.57. The Morgan fingerprint density at radius 2 is 1.85 bits per heavy atom. The molecule has 0 saturated carbocycles. The first-order valence-electron chi connectivity index (χ1n) is 8.57. The molecule has 5 heteroatoms. The van der Waals surface area contributed by atoms with Crippen LogP contribution in [0.5, 0.6) is 5.75 Å². The molecule has 0 fully saturated rings. The van der Waals surface area contributed by atoms with Crippen LogP contribution in [0.2, 0.25) is 0 Å². The monoisotopic (exact) mass is 350 g/mol. The lowest BCUT2D eigenvalue weighted by molar-refractivity contribution is -0.120. The molecule has 0 atom stereocenters. The van der Waals surface area contributed by atoms with Gasteiger partial charge in [-0.1, -0.05) is 30.3 Å². The van der Waals surface area contributed by atoms with E-state index >= 15 is 0 Å². The van der Waals surface area contributed by atoms with E-state index < -0.39 is 0 Å². The van der Waals surface area contributed by atoms with Gasteiger partial charge in [-0.25, -0.2) is 4.98 Å². The minimum absolute atomic E-state index is 0.0143. The molecular weight excluding hydrogens is 328 g/mol. The van der Waals surface area contributed by atoms with Crippen LogP contribution in [-0.4, -0.2) is 24.5 Å². The van der Waals surface area contributed by atoms with E-state index in [-0.39, 0.29) is 5.91 Å². The van der Waals surface area contributed by atoms with Crippen molar-refractivity contribution in [2.75, 3.05) is 13.7 Å². The van der Waals surface area contributed by atoms with Crippen LogP contribution in [0.3, 0.4) is 0 Å². The molecule has 1 aromatic heterocycles. The van der Waals surface area contributed by atoms with Gasteiger partial charge >= 0.3 is 0 Å². The molecule has 1 amide bonds. The molecule has 0 aliphatic heterocycles. The highest BCUT2D eigenvalue weighted by molar-refractivity contribution is 5.78.